The monoisotopic (exact) mass is 652 g/mol. The molecule has 0 bridgehead atoms. The van der Waals surface area contributed by atoms with E-state index in [1.165, 1.54) is 36.4 Å². The second-order valence-corrected chi connectivity index (χ2v) is 12.1. The molecule has 17 heteroatoms. The van der Waals surface area contributed by atoms with Gasteiger partial charge in [-0.25, -0.2) is 0 Å². The average Bonchev–Trinajstić information content (AvgIpc) is 2.82. The van der Waals surface area contributed by atoms with Gasteiger partial charge in [-0.1, -0.05) is 25.6 Å². The summed E-state index contributed by atoms with van der Waals surface area (Å²) in [5, 5.41) is 59.9. The third-order valence-corrected chi connectivity index (χ3v) is 7.36. The number of aliphatic hydroxyl groups is 4. The first-order valence-corrected chi connectivity index (χ1v) is 14.9. The molecule has 40 heavy (non-hydrogen) atoms. The van der Waals surface area contributed by atoms with Gasteiger partial charge in [0.05, 0.1) is 38.5 Å². The average molecular weight is 652 g/mol. The molecule has 0 heterocycles. The fourth-order valence-corrected chi connectivity index (χ4v) is 5.69. The summed E-state index contributed by atoms with van der Waals surface area (Å²) < 4.78 is 24.0. The second kappa shape index (κ2) is 16.9. The van der Waals surface area contributed by atoms with E-state index in [-0.39, 0.29) is 73.4 Å². The van der Waals surface area contributed by atoms with Crippen molar-refractivity contribution in [3.05, 3.63) is 58.7 Å². The molecule has 0 saturated heterocycles. The first-order chi connectivity index (χ1) is 17.7. The summed E-state index contributed by atoms with van der Waals surface area (Å²) in [5.74, 6) is -0.571. The summed E-state index contributed by atoms with van der Waals surface area (Å²) in [7, 11) is -9.59. The van der Waals surface area contributed by atoms with E-state index in [4.69, 9.17) is 0 Å². The fraction of sp³-hybridized carbons (Fsp3) is 0.478. The molecule has 0 fully saturated rings. The van der Waals surface area contributed by atoms with Crippen LogP contribution >= 0.6 is 15.2 Å². The summed E-state index contributed by atoms with van der Waals surface area (Å²) in [5.41, 5.74) is 1.06. The van der Waals surface area contributed by atoms with Crippen molar-refractivity contribution in [2.75, 3.05) is 25.8 Å². The number of benzene rings is 2. The Hall–Kier alpha value is -1.38. The van der Waals surface area contributed by atoms with Gasteiger partial charge in [0.1, 0.15) is 24.1 Å². The number of rotatable bonds is 15. The zero-order chi connectivity index (χ0) is 28.7. The Morgan fingerprint density at radius 1 is 0.650 bits per heavy atom. The molecule has 228 valence electrons. The van der Waals surface area contributed by atoms with E-state index in [1.54, 1.807) is 0 Å². The van der Waals surface area contributed by atoms with E-state index >= 15 is 0 Å². The molecule has 2 aromatic carbocycles. The van der Waals surface area contributed by atoms with Gasteiger partial charge in [-0.3, -0.25) is 18.9 Å². The van der Waals surface area contributed by atoms with Crippen LogP contribution in [0.4, 0.5) is 0 Å². The van der Waals surface area contributed by atoms with Gasteiger partial charge in [-0.2, -0.15) is 0 Å². The van der Waals surface area contributed by atoms with Gasteiger partial charge in [-0.05, 0) is 29.3 Å². The van der Waals surface area contributed by atoms with Crippen LogP contribution in [0.1, 0.15) is 29.7 Å². The first-order valence-electron chi connectivity index (χ1n) is 11.3. The van der Waals surface area contributed by atoms with E-state index in [1.807, 2.05) is 0 Å². The summed E-state index contributed by atoms with van der Waals surface area (Å²) in [4.78, 5) is 41.0. The van der Waals surface area contributed by atoms with Crippen LogP contribution < -0.4 is 0 Å². The van der Waals surface area contributed by atoms with Crippen molar-refractivity contribution in [2.45, 2.75) is 45.8 Å². The molecule has 0 aliphatic rings. The van der Waals surface area contributed by atoms with Crippen molar-refractivity contribution in [3.63, 3.8) is 0 Å². The van der Waals surface area contributed by atoms with Crippen LogP contribution in [-0.4, -0.2) is 97.9 Å². The SMILES string of the molecule is C.O=P(O)(O)CN(Cc1cc(CO)ccc1O)C(CO)[C@@H](CO)N(Cc1ccc(CO)cc1O)CP(=O)(O)O.[Fe+2]. The van der Waals surface area contributed by atoms with E-state index < -0.39 is 53.1 Å². The molecule has 2 rings (SSSR count). The Balaban J connectivity index is 0.00000760. The van der Waals surface area contributed by atoms with Crippen molar-refractivity contribution in [1.82, 2.24) is 9.80 Å². The summed E-state index contributed by atoms with van der Waals surface area (Å²) in [6.07, 6.45) is -1.89. The van der Waals surface area contributed by atoms with Gasteiger partial charge in [0.25, 0.3) is 0 Å². The number of aromatic hydroxyl groups is 2. The van der Waals surface area contributed by atoms with Crippen molar-refractivity contribution in [3.8, 4) is 11.5 Å². The zero-order valence-corrected chi connectivity index (χ0v) is 23.6. The Labute approximate surface area is 242 Å². The minimum Gasteiger partial charge on any atom is -0.508 e. The number of phenolic OH excluding ortho intramolecular Hbond substituents is 2. The van der Waals surface area contributed by atoms with Crippen LogP contribution in [0.5, 0.6) is 11.5 Å². The number of aliphatic hydroxyl groups excluding tert-OH is 4. The molecule has 0 spiro atoms. The summed E-state index contributed by atoms with van der Waals surface area (Å²) in [6, 6.07) is 5.57. The largest absolute Gasteiger partial charge is 2.00 e. The molecule has 0 aliphatic heterocycles. The predicted molar refractivity (Wildman–Crippen MR) is 141 cm³/mol. The van der Waals surface area contributed by atoms with Crippen LogP contribution in [0.25, 0.3) is 0 Å². The quantitative estimate of drug-likeness (QED) is 0.0901. The third-order valence-electron chi connectivity index (χ3n) is 5.89. The van der Waals surface area contributed by atoms with Crippen LogP contribution in [0.3, 0.4) is 0 Å². The summed E-state index contributed by atoms with van der Waals surface area (Å²) in [6.45, 7) is -3.11. The van der Waals surface area contributed by atoms with Gasteiger partial charge in [-0.15, -0.1) is 0 Å². The molecule has 2 aromatic rings. The molecular formula is C23H38FeN2O12P2+2. The Bertz CT molecular complexity index is 1160. The Kier molecular flexibility index (Phi) is 16.3. The van der Waals surface area contributed by atoms with Crippen LogP contribution in [0.15, 0.2) is 36.4 Å². The molecule has 14 nitrogen and oxygen atoms in total. The second-order valence-electron chi connectivity index (χ2n) is 8.85. The molecule has 0 aliphatic carbocycles. The Morgan fingerprint density at radius 3 is 1.48 bits per heavy atom. The van der Waals surface area contributed by atoms with Crippen LogP contribution in [0, 0.1) is 0 Å². The molecule has 0 amide bonds. The van der Waals surface area contributed by atoms with Crippen LogP contribution in [0.2, 0.25) is 0 Å². The Morgan fingerprint density at radius 2 is 1.07 bits per heavy atom. The maximum Gasteiger partial charge on any atom is 2.00 e. The van der Waals surface area contributed by atoms with Crippen molar-refractivity contribution in [1.29, 1.82) is 0 Å². The van der Waals surface area contributed by atoms with Gasteiger partial charge in [0.2, 0.25) is 0 Å². The maximum atomic E-state index is 12.0. The van der Waals surface area contributed by atoms with Gasteiger partial charge in [0, 0.05) is 24.2 Å². The molecule has 0 radical (unpaired) electrons. The number of hydrogen-bond donors (Lipinski definition) is 10. The standard InChI is InChI=1S/C22H34N2O12P2.CH4.Fe/c25-9-15-2-4-21(29)18(5-15)8-24(14-38(34,35)36)20(12-28)19(11-27)23(13-37(31,32)33)7-17-3-1-16(10-26)6-22(17)30;;/h1-6,19-20,25-30H,7-14H2,(H2,31,32,33)(H2,34,35,36);1H4;/q;;+2/t19-,20?;;/m1../s1. The molecule has 0 saturated carbocycles. The number of nitrogens with zero attached hydrogens (tertiary/aromatic N) is 2. The van der Waals surface area contributed by atoms with Gasteiger partial charge < -0.3 is 50.2 Å². The van der Waals surface area contributed by atoms with E-state index in [9.17, 15) is 59.3 Å². The van der Waals surface area contributed by atoms with E-state index in [2.05, 4.69) is 0 Å². The third kappa shape index (κ3) is 11.8. The smallest absolute Gasteiger partial charge is 0.508 e. The molecule has 10 N–H and O–H groups in total. The van der Waals surface area contributed by atoms with Crippen molar-refractivity contribution in [2.24, 2.45) is 0 Å². The first kappa shape index (κ1) is 38.6. The number of phenols is 2. The molecular weight excluding hydrogens is 614 g/mol. The van der Waals surface area contributed by atoms with Gasteiger partial charge in [0.15, 0.2) is 0 Å². The maximum absolute atomic E-state index is 12.0. The summed E-state index contributed by atoms with van der Waals surface area (Å²) >= 11 is 0. The van der Waals surface area contributed by atoms with E-state index in [0.717, 1.165) is 9.80 Å². The van der Waals surface area contributed by atoms with Crippen molar-refractivity contribution < 1.29 is 76.4 Å². The minimum absolute atomic E-state index is 0. The topological polar surface area (TPSA) is 243 Å². The molecule has 1 unspecified atom stereocenters. The molecule has 0 aromatic heterocycles. The normalized spacial score (nSPS) is 13.6. The van der Waals surface area contributed by atoms with Crippen LogP contribution in [-0.2, 0) is 52.5 Å². The van der Waals surface area contributed by atoms with E-state index in [0.29, 0.717) is 11.1 Å². The fourth-order valence-electron chi connectivity index (χ4n) is 4.12. The number of hydrogen-bond acceptors (Lipinski definition) is 10. The zero-order valence-electron chi connectivity index (χ0n) is 20.7. The predicted octanol–water partition coefficient (Wildman–Crippen LogP) is 0.0124. The molecule has 2 atom stereocenters. The van der Waals surface area contributed by atoms with Gasteiger partial charge >= 0.3 is 32.3 Å². The van der Waals surface area contributed by atoms with Crippen molar-refractivity contribution >= 4 is 15.2 Å². The minimum atomic E-state index is -4.80.